The number of hydrogen-bond donors (Lipinski definition) is 3. The molecule has 2 aromatic heterocycles. The van der Waals surface area contributed by atoms with Crippen LogP contribution in [0.4, 0.5) is 69.0 Å². The average Bonchev–Trinajstić information content (AvgIpc) is 4.27. The van der Waals surface area contributed by atoms with E-state index in [0.717, 1.165) is 55.7 Å². The number of nitro groups is 1. The predicted molar refractivity (Wildman–Crippen MR) is 287 cm³/mol. The minimum atomic E-state index is -0.375. The van der Waals surface area contributed by atoms with Gasteiger partial charge in [-0.3, -0.25) is 10.1 Å². The van der Waals surface area contributed by atoms with E-state index in [4.69, 9.17) is 25.2 Å². The third-order valence-corrected chi connectivity index (χ3v) is 13.9. The number of nitrogens with one attached hydrogen (secondary N) is 2. The molecule has 2 spiro atoms. The van der Waals surface area contributed by atoms with Gasteiger partial charge in [0.25, 0.3) is 5.69 Å². The second-order valence-electron chi connectivity index (χ2n) is 19.4. The molecule has 4 N–H and O–H groups in total. The molecular formula is C53H68N14O4. The molecule has 10 rings (SSSR count). The molecule has 0 amide bonds. The normalized spacial score (nSPS) is 15.1. The van der Waals surface area contributed by atoms with Crippen molar-refractivity contribution in [3.05, 3.63) is 119 Å². The van der Waals surface area contributed by atoms with Crippen LogP contribution in [0.25, 0.3) is 0 Å². The van der Waals surface area contributed by atoms with Gasteiger partial charge in [0.2, 0.25) is 11.9 Å². The molecule has 4 aliphatic rings. The Labute approximate surface area is 417 Å². The minimum Gasteiger partial charge on any atom is -0.494 e. The Hall–Kier alpha value is -7.44. The maximum atomic E-state index is 11.9. The quantitative estimate of drug-likeness (QED) is 0.0447. The molecular weight excluding hydrogens is 897 g/mol. The number of nitrogen functional groups attached to an aromatic ring is 1. The first-order valence-electron chi connectivity index (χ1n) is 23.7. The second kappa shape index (κ2) is 20.5. The van der Waals surface area contributed by atoms with Crippen LogP contribution in [0, 0.1) is 10.1 Å². The molecule has 0 bridgehead atoms. The molecule has 374 valence electrons. The topological polar surface area (TPSA) is 183 Å². The molecule has 18 heteroatoms. The number of aromatic nitrogens is 4. The van der Waals surface area contributed by atoms with Gasteiger partial charge in [-0.25, -0.2) is 9.97 Å². The highest BCUT2D eigenvalue weighted by Gasteiger charge is 2.53. The van der Waals surface area contributed by atoms with Crippen molar-refractivity contribution >= 4 is 69.0 Å². The van der Waals surface area contributed by atoms with Crippen molar-refractivity contribution in [3.63, 3.8) is 0 Å². The Balaban J connectivity index is 0.000000188. The molecule has 18 nitrogen and oxygen atoms in total. The third-order valence-electron chi connectivity index (χ3n) is 13.9. The van der Waals surface area contributed by atoms with E-state index in [9.17, 15) is 10.1 Å². The maximum Gasteiger partial charge on any atom is 0.294 e. The zero-order valence-electron chi connectivity index (χ0n) is 41.4. The van der Waals surface area contributed by atoms with E-state index in [1.54, 1.807) is 32.7 Å². The number of rotatable bonds is 17. The van der Waals surface area contributed by atoms with Gasteiger partial charge in [0, 0.05) is 106 Å². The molecule has 2 aliphatic carbocycles. The molecule has 0 radical (unpaired) electrons. The Kier molecular flexibility index (Phi) is 14.4. The number of likely N-dealkylation sites (N-methyl/N-ethyl adjacent to an activating group) is 4. The van der Waals surface area contributed by atoms with E-state index in [0.29, 0.717) is 52.4 Å². The molecule has 2 fully saturated rings. The van der Waals surface area contributed by atoms with E-state index in [1.165, 1.54) is 54.3 Å². The Morgan fingerprint density at radius 1 is 0.648 bits per heavy atom. The predicted octanol–water partition coefficient (Wildman–Crippen LogP) is 8.95. The van der Waals surface area contributed by atoms with Crippen LogP contribution in [0.5, 0.6) is 11.5 Å². The van der Waals surface area contributed by atoms with Gasteiger partial charge in [-0.05, 0) is 95.3 Å². The highest BCUT2D eigenvalue weighted by molar-refractivity contribution is 5.81. The number of hydrogen-bond acceptors (Lipinski definition) is 17. The van der Waals surface area contributed by atoms with Gasteiger partial charge in [0.1, 0.15) is 28.8 Å². The van der Waals surface area contributed by atoms with Crippen LogP contribution < -0.4 is 45.4 Å². The first-order valence-corrected chi connectivity index (χ1v) is 23.7. The smallest absolute Gasteiger partial charge is 0.294 e. The molecule has 2 aliphatic heterocycles. The van der Waals surface area contributed by atoms with Crippen molar-refractivity contribution in [2.45, 2.75) is 43.9 Å². The summed E-state index contributed by atoms with van der Waals surface area (Å²) in [5.41, 5.74) is 15.4. The Morgan fingerprint density at radius 2 is 1.08 bits per heavy atom. The molecule has 4 heterocycles. The van der Waals surface area contributed by atoms with Crippen LogP contribution >= 0.6 is 0 Å². The van der Waals surface area contributed by atoms with E-state index < -0.39 is 0 Å². The summed E-state index contributed by atoms with van der Waals surface area (Å²) in [7, 11) is 15.1. The lowest BCUT2D eigenvalue weighted by Crippen LogP contribution is -2.29. The Morgan fingerprint density at radius 3 is 1.52 bits per heavy atom. The van der Waals surface area contributed by atoms with Crippen molar-refractivity contribution in [1.29, 1.82) is 0 Å². The lowest BCUT2D eigenvalue weighted by Gasteiger charge is -2.24. The molecule has 0 unspecified atom stereocenters. The van der Waals surface area contributed by atoms with Gasteiger partial charge in [-0.15, -0.1) is 0 Å². The van der Waals surface area contributed by atoms with Gasteiger partial charge in [0.05, 0.1) is 41.9 Å². The number of ether oxygens (including phenoxy) is 2. The maximum absolute atomic E-state index is 11.9. The second-order valence-corrected chi connectivity index (χ2v) is 19.4. The summed E-state index contributed by atoms with van der Waals surface area (Å²) in [5, 5.41) is 18.4. The summed E-state index contributed by atoms with van der Waals surface area (Å²) in [6, 6.07) is 28.1. The highest BCUT2D eigenvalue weighted by atomic mass is 16.6. The molecule has 0 saturated heterocycles. The van der Waals surface area contributed by atoms with Crippen molar-refractivity contribution < 1.29 is 14.4 Å². The molecule has 4 aromatic carbocycles. The van der Waals surface area contributed by atoms with Crippen LogP contribution in [0.2, 0.25) is 0 Å². The number of para-hydroxylation sites is 2. The van der Waals surface area contributed by atoms with E-state index in [-0.39, 0.29) is 23.5 Å². The lowest BCUT2D eigenvalue weighted by molar-refractivity contribution is -0.384. The monoisotopic (exact) mass is 965 g/mol. The van der Waals surface area contributed by atoms with Gasteiger partial charge in [-0.2, -0.15) is 9.97 Å². The van der Waals surface area contributed by atoms with Crippen LogP contribution in [-0.2, 0) is 10.8 Å². The summed E-state index contributed by atoms with van der Waals surface area (Å²) in [4.78, 5) is 42.7. The fourth-order valence-corrected chi connectivity index (χ4v) is 9.59. The number of nitro benzene ring substituents is 1. The van der Waals surface area contributed by atoms with E-state index in [1.807, 2.05) is 62.3 Å². The number of benzene rings is 4. The number of fused-ring (bicyclic) bond motifs is 4. The van der Waals surface area contributed by atoms with Crippen molar-refractivity contribution in [1.82, 2.24) is 29.7 Å². The summed E-state index contributed by atoms with van der Waals surface area (Å²) in [6.45, 7) is 5.04. The molecule has 2 saturated carbocycles. The van der Waals surface area contributed by atoms with Gasteiger partial charge < -0.3 is 55.2 Å². The first kappa shape index (κ1) is 50.0. The van der Waals surface area contributed by atoms with E-state index >= 15 is 0 Å². The summed E-state index contributed by atoms with van der Waals surface area (Å²) in [5.74, 6) is 3.71. The standard InChI is InChI=1S/C26H31N7O3.C26H33N7O.CH4/c1-30(2)13-14-31(3)21-16-23(36-4)19(15-22(21)33(34)35)28-25-27-12-9-24(29-25)32-17-26(10-11-26)18-7-5-6-8-20(18)32;1-31(2)13-14-32(3)22-16-23(34-4)20(15-19(22)27)29-25-28-12-9-24(30-25)33-17-26(10-11-26)18-7-5-6-8-21(18)33;/h5-9,12,15-16H,10-11,13-14,17H2,1-4H3,(H,27,28,29);5-9,12,15-16H,10-11,13-14,17,27H2,1-4H3,(H,28,29,30);1H4. The number of anilines is 11. The zero-order valence-corrected chi connectivity index (χ0v) is 41.4. The van der Waals surface area contributed by atoms with Crippen molar-refractivity contribution in [3.8, 4) is 11.5 Å². The fraction of sp³-hybridized carbons (Fsp3) is 0.396. The summed E-state index contributed by atoms with van der Waals surface area (Å²) >= 11 is 0. The van der Waals surface area contributed by atoms with Crippen molar-refractivity contribution in [2.24, 2.45) is 0 Å². The SMILES string of the molecule is C.COc1cc(N(C)CCN(C)C)c(N)cc1Nc1nccc(N2CC3(CC3)c3ccccc32)n1.COc1cc(N(C)CCN(C)C)c([N+](=O)[O-])cc1Nc1nccc(N2CC3(CC3)c3ccccc32)n1. The zero-order chi connectivity index (χ0) is 49.3. The van der Waals surface area contributed by atoms with Crippen molar-refractivity contribution in [2.75, 3.05) is 132 Å². The average molecular weight is 965 g/mol. The van der Waals surface area contributed by atoms with Gasteiger partial charge in [0.15, 0.2) is 0 Å². The van der Waals surface area contributed by atoms with Crippen LogP contribution in [-0.4, -0.2) is 130 Å². The van der Waals surface area contributed by atoms with E-state index in [2.05, 4.69) is 103 Å². The van der Waals surface area contributed by atoms with Gasteiger partial charge in [-0.1, -0.05) is 43.8 Å². The lowest BCUT2D eigenvalue weighted by atomic mass is 9.99. The molecule has 6 aromatic rings. The fourth-order valence-electron chi connectivity index (χ4n) is 9.59. The number of methoxy groups -OCH3 is 2. The minimum absolute atomic E-state index is 0. The number of nitrogens with two attached hydrogens (primary N) is 1. The Bertz CT molecular complexity index is 2870. The molecule has 71 heavy (non-hydrogen) atoms. The van der Waals surface area contributed by atoms with Crippen LogP contribution in [0.3, 0.4) is 0 Å². The van der Waals surface area contributed by atoms with Crippen LogP contribution in [0.1, 0.15) is 44.2 Å². The summed E-state index contributed by atoms with van der Waals surface area (Å²) < 4.78 is 11.3. The summed E-state index contributed by atoms with van der Waals surface area (Å²) in [6.07, 6.45) is 8.35. The van der Waals surface area contributed by atoms with Gasteiger partial charge >= 0.3 is 0 Å². The highest BCUT2D eigenvalue weighted by Crippen LogP contribution is 2.59. The number of nitrogens with zero attached hydrogens (tertiary/aromatic N) is 11. The first-order chi connectivity index (χ1) is 33.7. The molecule has 0 atom stereocenters. The third kappa shape index (κ3) is 10.4. The largest absolute Gasteiger partial charge is 0.494 e. The van der Waals surface area contributed by atoms with Crippen LogP contribution in [0.15, 0.2) is 97.3 Å².